The molecule has 0 bridgehead atoms. The molecule has 11 heavy (non-hydrogen) atoms. The molecular formula is C8H6NOSi. The number of H-pyrrole nitrogens is 1. The fraction of sp³-hybridized carbons (Fsp3) is 0. The van der Waals surface area contributed by atoms with Gasteiger partial charge in [-0.1, -0.05) is 18.2 Å². The number of nitrogens with one attached hydrogen (secondary N) is 1. The minimum absolute atomic E-state index is 0.725. The van der Waals surface area contributed by atoms with Crippen LogP contribution >= 0.6 is 0 Å². The van der Waals surface area contributed by atoms with E-state index in [1.165, 1.54) is 0 Å². The van der Waals surface area contributed by atoms with Crippen LogP contribution in [0.1, 0.15) is 0 Å². The molecule has 0 spiro atoms. The summed E-state index contributed by atoms with van der Waals surface area (Å²) in [5, 5.41) is 1.15. The summed E-state index contributed by atoms with van der Waals surface area (Å²) in [6, 6.07) is 9.94. The quantitative estimate of drug-likeness (QED) is 0.630. The van der Waals surface area contributed by atoms with Gasteiger partial charge in [0.05, 0.1) is 0 Å². The van der Waals surface area contributed by atoms with Gasteiger partial charge in [0.1, 0.15) is 0 Å². The fourth-order valence-corrected chi connectivity index (χ4v) is 1.21. The van der Waals surface area contributed by atoms with Crippen molar-refractivity contribution in [3.05, 3.63) is 30.3 Å². The second kappa shape index (κ2) is 2.43. The van der Waals surface area contributed by atoms with Gasteiger partial charge in [0.15, 0.2) is 5.88 Å². The highest BCUT2D eigenvalue weighted by molar-refractivity contribution is 6.00. The number of aromatic amines is 1. The lowest BCUT2D eigenvalue weighted by Gasteiger charge is -1.88. The van der Waals surface area contributed by atoms with Crippen molar-refractivity contribution in [2.24, 2.45) is 0 Å². The van der Waals surface area contributed by atoms with Crippen LogP contribution in [0.4, 0.5) is 0 Å². The van der Waals surface area contributed by atoms with E-state index >= 15 is 0 Å². The Kier molecular flexibility index (Phi) is 1.43. The third kappa shape index (κ3) is 1.03. The van der Waals surface area contributed by atoms with Gasteiger partial charge in [0.25, 0.3) is 0 Å². The molecule has 0 saturated heterocycles. The van der Waals surface area contributed by atoms with Crippen molar-refractivity contribution < 1.29 is 4.43 Å². The summed E-state index contributed by atoms with van der Waals surface area (Å²) in [7, 11) is 2.95. The van der Waals surface area contributed by atoms with Crippen LogP contribution in [0.25, 0.3) is 10.9 Å². The number of para-hydroxylation sites is 1. The summed E-state index contributed by atoms with van der Waals surface area (Å²) in [6.07, 6.45) is 0. The minimum atomic E-state index is 0.725. The second-order valence-corrected chi connectivity index (χ2v) is 2.53. The monoisotopic (exact) mass is 160 g/mol. The van der Waals surface area contributed by atoms with E-state index in [4.69, 9.17) is 4.43 Å². The summed E-state index contributed by atoms with van der Waals surface area (Å²) in [6.45, 7) is 0. The standard InChI is InChI=1S/C8H6NOSi/c11-10-8-5-6-3-1-2-4-7(6)9-8/h1-5,9H. The zero-order valence-electron chi connectivity index (χ0n) is 5.79. The molecule has 53 valence electrons. The third-order valence-electron chi connectivity index (χ3n) is 1.62. The van der Waals surface area contributed by atoms with Crippen molar-refractivity contribution in [2.45, 2.75) is 0 Å². The van der Waals surface area contributed by atoms with E-state index in [-0.39, 0.29) is 0 Å². The molecule has 0 amide bonds. The first-order chi connectivity index (χ1) is 5.40. The Morgan fingerprint density at radius 3 is 2.82 bits per heavy atom. The predicted molar refractivity (Wildman–Crippen MR) is 44.7 cm³/mol. The lowest BCUT2D eigenvalue weighted by atomic mass is 10.3. The molecule has 2 rings (SSSR count). The van der Waals surface area contributed by atoms with Gasteiger partial charge in [-0.2, -0.15) is 0 Å². The predicted octanol–water partition coefficient (Wildman–Crippen LogP) is 1.63. The first kappa shape index (κ1) is 6.48. The minimum Gasteiger partial charge on any atom is -0.529 e. The van der Waals surface area contributed by atoms with E-state index in [1.54, 1.807) is 0 Å². The van der Waals surface area contributed by atoms with Crippen LogP contribution in [0.2, 0.25) is 0 Å². The molecule has 1 aromatic heterocycles. The number of hydrogen-bond acceptors (Lipinski definition) is 1. The van der Waals surface area contributed by atoms with Crippen LogP contribution in [0.5, 0.6) is 5.88 Å². The van der Waals surface area contributed by atoms with E-state index in [2.05, 4.69) is 15.5 Å². The smallest absolute Gasteiger partial charge is 0.343 e. The average molecular weight is 160 g/mol. The largest absolute Gasteiger partial charge is 0.529 e. The Hall–Kier alpha value is -1.22. The van der Waals surface area contributed by atoms with Gasteiger partial charge in [-0.3, -0.25) is 0 Å². The van der Waals surface area contributed by atoms with Gasteiger partial charge in [-0.15, -0.1) is 0 Å². The van der Waals surface area contributed by atoms with Gasteiger partial charge in [-0.05, 0) is 6.07 Å². The maximum absolute atomic E-state index is 4.85. The third-order valence-corrected chi connectivity index (χ3v) is 1.84. The molecule has 0 saturated carbocycles. The molecule has 0 aliphatic heterocycles. The van der Waals surface area contributed by atoms with Crippen LogP contribution in [-0.4, -0.2) is 15.5 Å². The molecule has 1 aromatic carbocycles. The van der Waals surface area contributed by atoms with Crippen molar-refractivity contribution in [3.8, 4) is 5.88 Å². The van der Waals surface area contributed by atoms with E-state index in [0.717, 1.165) is 16.8 Å². The molecule has 0 atom stereocenters. The average Bonchev–Trinajstić information content (AvgIpc) is 2.46. The maximum atomic E-state index is 4.85. The van der Waals surface area contributed by atoms with Crippen LogP contribution in [0.3, 0.4) is 0 Å². The Morgan fingerprint density at radius 2 is 2.09 bits per heavy atom. The van der Waals surface area contributed by atoms with Gasteiger partial charge in [0, 0.05) is 17.0 Å². The summed E-state index contributed by atoms with van der Waals surface area (Å²) in [5.41, 5.74) is 1.08. The molecule has 1 N–H and O–H groups in total. The van der Waals surface area contributed by atoms with E-state index < -0.39 is 0 Å². The Labute approximate surface area is 67.7 Å². The van der Waals surface area contributed by atoms with Gasteiger partial charge < -0.3 is 9.41 Å². The van der Waals surface area contributed by atoms with Crippen LogP contribution in [0, 0.1) is 0 Å². The van der Waals surface area contributed by atoms with Crippen molar-refractivity contribution >= 4 is 21.4 Å². The molecule has 0 fully saturated rings. The molecular weight excluding hydrogens is 154 g/mol. The Balaban J connectivity index is 2.69. The normalized spacial score (nSPS) is 10.3. The zero-order chi connectivity index (χ0) is 7.68. The number of rotatable bonds is 1. The van der Waals surface area contributed by atoms with Gasteiger partial charge in [0.2, 0.25) is 0 Å². The van der Waals surface area contributed by atoms with Crippen molar-refractivity contribution in [3.63, 3.8) is 0 Å². The van der Waals surface area contributed by atoms with Gasteiger partial charge >= 0.3 is 10.5 Å². The summed E-state index contributed by atoms with van der Waals surface area (Å²) in [5.74, 6) is 0.725. The maximum Gasteiger partial charge on any atom is 0.343 e. The van der Waals surface area contributed by atoms with Crippen molar-refractivity contribution in [1.82, 2.24) is 4.98 Å². The highest BCUT2D eigenvalue weighted by Crippen LogP contribution is 2.18. The lowest BCUT2D eigenvalue weighted by Crippen LogP contribution is -1.82. The van der Waals surface area contributed by atoms with E-state index in [9.17, 15) is 0 Å². The molecule has 3 radical (unpaired) electrons. The molecule has 0 unspecified atom stereocenters. The molecule has 2 aromatic rings. The zero-order valence-corrected chi connectivity index (χ0v) is 6.79. The van der Waals surface area contributed by atoms with E-state index in [0.29, 0.717) is 0 Å². The Bertz CT molecular complexity index is 336. The SMILES string of the molecule is [Si]Oc1cc2ccccc2[nH]1. The summed E-state index contributed by atoms with van der Waals surface area (Å²) in [4.78, 5) is 3.07. The first-order valence-corrected chi connectivity index (χ1v) is 3.72. The van der Waals surface area contributed by atoms with Crippen LogP contribution in [0.15, 0.2) is 30.3 Å². The number of hydrogen-bond donors (Lipinski definition) is 1. The van der Waals surface area contributed by atoms with Crippen molar-refractivity contribution in [2.75, 3.05) is 0 Å². The second-order valence-electron chi connectivity index (χ2n) is 2.32. The van der Waals surface area contributed by atoms with Crippen molar-refractivity contribution in [1.29, 1.82) is 0 Å². The van der Waals surface area contributed by atoms with Gasteiger partial charge in [-0.25, -0.2) is 0 Å². The fourth-order valence-electron chi connectivity index (χ4n) is 1.10. The number of aromatic nitrogens is 1. The van der Waals surface area contributed by atoms with Crippen LogP contribution < -0.4 is 4.43 Å². The van der Waals surface area contributed by atoms with E-state index in [1.807, 2.05) is 30.3 Å². The highest BCUT2D eigenvalue weighted by Gasteiger charge is 1.96. The Morgan fingerprint density at radius 1 is 1.27 bits per heavy atom. The lowest BCUT2D eigenvalue weighted by molar-refractivity contribution is 0.595. The molecule has 2 nitrogen and oxygen atoms in total. The molecule has 1 heterocycles. The number of fused-ring (bicyclic) bond motifs is 1. The highest BCUT2D eigenvalue weighted by atomic mass is 28.2. The molecule has 3 heteroatoms. The molecule has 0 aliphatic carbocycles. The topological polar surface area (TPSA) is 25.0 Å². The number of benzene rings is 1. The summed E-state index contributed by atoms with van der Waals surface area (Å²) >= 11 is 0. The molecule has 0 aliphatic rings. The summed E-state index contributed by atoms with van der Waals surface area (Å²) < 4.78 is 4.85. The van der Waals surface area contributed by atoms with Crippen LogP contribution in [-0.2, 0) is 0 Å². The first-order valence-electron chi connectivity index (χ1n) is 3.31.